The molecular weight excluding hydrogens is 380 g/mol. The van der Waals surface area contributed by atoms with Gasteiger partial charge in [-0.1, -0.05) is 42.8 Å². The molecule has 0 bridgehead atoms. The molecule has 2 aromatic heterocycles. The number of nitrogens with one attached hydrogen (secondary N) is 1. The highest BCUT2D eigenvalue weighted by Crippen LogP contribution is 2.39. The van der Waals surface area contributed by atoms with Gasteiger partial charge in [0.25, 0.3) is 0 Å². The van der Waals surface area contributed by atoms with Crippen LogP contribution in [0, 0.1) is 0 Å². The van der Waals surface area contributed by atoms with E-state index in [4.69, 9.17) is 17.3 Å². The van der Waals surface area contributed by atoms with Gasteiger partial charge in [0.15, 0.2) is 0 Å². The van der Waals surface area contributed by atoms with Gasteiger partial charge in [-0.15, -0.1) is 0 Å². The molecule has 5 rings (SSSR count). The van der Waals surface area contributed by atoms with Gasteiger partial charge in [0.05, 0.1) is 5.69 Å². The van der Waals surface area contributed by atoms with Crippen LogP contribution in [0.25, 0.3) is 22.2 Å². The van der Waals surface area contributed by atoms with Crippen LogP contribution >= 0.6 is 11.6 Å². The van der Waals surface area contributed by atoms with E-state index in [-0.39, 0.29) is 5.92 Å². The van der Waals surface area contributed by atoms with Gasteiger partial charge in [-0.25, -0.2) is 9.97 Å². The van der Waals surface area contributed by atoms with Crippen LogP contribution < -0.4 is 5.73 Å². The SMILES string of the molecule is C[C@@H]1CCc2ncnc(-c3ccc4c(C(CN)c5ccc(Cl)cc5)c[nH]c4c3)c21. The van der Waals surface area contributed by atoms with E-state index < -0.39 is 0 Å². The second-order valence-corrected chi connectivity index (χ2v) is 8.30. The molecular formula is C24H23ClN4. The normalized spacial score (nSPS) is 16.9. The number of H-pyrrole nitrogens is 1. The molecule has 0 radical (unpaired) electrons. The topological polar surface area (TPSA) is 67.6 Å². The van der Waals surface area contributed by atoms with Crippen molar-refractivity contribution < 1.29 is 0 Å². The Hall–Kier alpha value is -2.69. The zero-order valence-corrected chi connectivity index (χ0v) is 17.1. The van der Waals surface area contributed by atoms with Crippen molar-refractivity contribution >= 4 is 22.5 Å². The van der Waals surface area contributed by atoms with Gasteiger partial charge in [0.1, 0.15) is 6.33 Å². The van der Waals surface area contributed by atoms with Gasteiger partial charge >= 0.3 is 0 Å². The number of rotatable bonds is 4. The lowest BCUT2D eigenvalue weighted by molar-refractivity contribution is 0.746. The fourth-order valence-electron chi connectivity index (χ4n) is 4.60. The molecule has 5 heteroatoms. The zero-order chi connectivity index (χ0) is 20.0. The van der Waals surface area contributed by atoms with Crippen LogP contribution in [0.4, 0.5) is 0 Å². The predicted octanol–water partition coefficient (Wildman–Crippen LogP) is 5.42. The summed E-state index contributed by atoms with van der Waals surface area (Å²) >= 11 is 6.06. The summed E-state index contributed by atoms with van der Waals surface area (Å²) in [4.78, 5) is 12.6. The molecule has 0 aliphatic heterocycles. The Morgan fingerprint density at radius 2 is 2.00 bits per heavy atom. The smallest absolute Gasteiger partial charge is 0.116 e. The number of aromatic nitrogens is 3. The molecule has 2 heterocycles. The van der Waals surface area contributed by atoms with Crippen molar-refractivity contribution in [2.45, 2.75) is 31.6 Å². The number of nitrogens with zero attached hydrogens (tertiary/aromatic N) is 2. The lowest BCUT2D eigenvalue weighted by atomic mass is 9.90. The van der Waals surface area contributed by atoms with Gasteiger partial charge < -0.3 is 10.7 Å². The maximum Gasteiger partial charge on any atom is 0.116 e. The van der Waals surface area contributed by atoms with Crippen molar-refractivity contribution in [3.05, 3.63) is 82.4 Å². The molecule has 0 fully saturated rings. The summed E-state index contributed by atoms with van der Waals surface area (Å²) in [6.45, 7) is 2.80. The van der Waals surface area contributed by atoms with E-state index in [9.17, 15) is 0 Å². The largest absolute Gasteiger partial charge is 0.361 e. The summed E-state index contributed by atoms with van der Waals surface area (Å²) in [6, 6.07) is 14.5. The summed E-state index contributed by atoms with van der Waals surface area (Å²) in [5, 5.41) is 1.93. The molecule has 1 aliphatic rings. The first-order valence-electron chi connectivity index (χ1n) is 10.1. The third-order valence-electron chi connectivity index (χ3n) is 6.14. The van der Waals surface area contributed by atoms with Crippen LogP contribution in [-0.4, -0.2) is 21.5 Å². The molecule has 4 nitrogen and oxygen atoms in total. The number of benzene rings is 2. The Morgan fingerprint density at radius 3 is 2.79 bits per heavy atom. The first-order valence-corrected chi connectivity index (χ1v) is 10.4. The van der Waals surface area contributed by atoms with Crippen molar-refractivity contribution in [1.29, 1.82) is 0 Å². The summed E-state index contributed by atoms with van der Waals surface area (Å²) in [6.07, 6.45) is 5.96. The quantitative estimate of drug-likeness (QED) is 0.479. The molecule has 2 aromatic carbocycles. The minimum Gasteiger partial charge on any atom is -0.361 e. The highest BCUT2D eigenvalue weighted by molar-refractivity contribution is 6.30. The molecule has 29 heavy (non-hydrogen) atoms. The predicted molar refractivity (Wildman–Crippen MR) is 118 cm³/mol. The van der Waals surface area contributed by atoms with E-state index in [2.05, 4.69) is 58.4 Å². The first kappa shape index (κ1) is 18.3. The van der Waals surface area contributed by atoms with Crippen LogP contribution in [0.3, 0.4) is 0 Å². The van der Waals surface area contributed by atoms with Gasteiger partial charge in [-0.05, 0) is 48.1 Å². The lowest BCUT2D eigenvalue weighted by Crippen LogP contribution is -2.13. The Labute approximate surface area is 175 Å². The fraction of sp³-hybridized carbons (Fsp3) is 0.250. The van der Waals surface area contributed by atoms with E-state index in [0.29, 0.717) is 12.5 Å². The maximum atomic E-state index is 6.16. The monoisotopic (exact) mass is 402 g/mol. The number of hydrogen-bond donors (Lipinski definition) is 2. The Balaban J connectivity index is 1.58. The number of aromatic amines is 1. The maximum absolute atomic E-state index is 6.16. The average Bonchev–Trinajstić information content (AvgIpc) is 3.34. The molecule has 0 spiro atoms. The van der Waals surface area contributed by atoms with Gasteiger partial charge in [0, 0.05) is 51.4 Å². The minimum atomic E-state index is 0.121. The Kier molecular flexibility index (Phi) is 4.61. The molecule has 1 aliphatic carbocycles. The van der Waals surface area contributed by atoms with Crippen LogP contribution in [0.1, 0.15) is 47.6 Å². The lowest BCUT2D eigenvalue weighted by Gasteiger charge is -2.15. The fourth-order valence-corrected chi connectivity index (χ4v) is 4.72. The number of hydrogen-bond acceptors (Lipinski definition) is 3. The van der Waals surface area contributed by atoms with Crippen molar-refractivity contribution in [2.24, 2.45) is 5.73 Å². The molecule has 146 valence electrons. The minimum absolute atomic E-state index is 0.121. The van der Waals surface area contributed by atoms with Crippen LogP contribution in [0.15, 0.2) is 55.0 Å². The van der Waals surface area contributed by atoms with Crippen molar-refractivity contribution in [2.75, 3.05) is 6.54 Å². The third kappa shape index (κ3) is 3.13. The van der Waals surface area contributed by atoms with Crippen LogP contribution in [-0.2, 0) is 6.42 Å². The molecule has 0 saturated carbocycles. The van der Waals surface area contributed by atoms with E-state index in [1.165, 1.54) is 27.8 Å². The van der Waals surface area contributed by atoms with Crippen LogP contribution in [0.2, 0.25) is 5.02 Å². The van der Waals surface area contributed by atoms with Gasteiger partial charge in [-0.3, -0.25) is 0 Å². The highest BCUT2D eigenvalue weighted by atomic mass is 35.5. The second-order valence-electron chi connectivity index (χ2n) is 7.87. The average molecular weight is 403 g/mol. The highest BCUT2D eigenvalue weighted by Gasteiger charge is 2.25. The Morgan fingerprint density at radius 1 is 1.17 bits per heavy atom. The van der Waals surface area contributed by atoms with Crippen LogP contribution in [0.5, 0.6) is 0 Å². The summed E-state index contributed by atoms with van der Waals surface area (Å²) in [5.41, 5.74) is 14.3. The van der Waals surface area contributed by atoms with Crippen molar-refractivity contribution in [3.63, 3.8) is 0 Å². The number of fused-ring (bicyclic) bond motifs is 2. The standard InChI is InChI=1S/C24H23ClN4/c1-14-2-9-21-23(14)24(29-13-28-21)16-5-8-18-20(12-27-22(18)10-16)19(11-26)15-3-6-17(25)7-4-15/h3-8,10,12-14,19,27H,2,9,11,26H2,1H3/t14-,19?/m1/s1. The number of halogens is 1. The summed E-state index contributed by atoms with van der Waals surface area (Å²) < 4.78 is 0. The van der Waals surface area contributed by atoms with Crippen molar-refractivity contribution in [3.8, 4) is 11.3 Å². The summed E-state index contributed by atoms with van der Waals surface area (Å²) in [5.74, 6) is 0.623. The molecule has 1 unspecified atom stereocenters. The van der Waals surface area contributed by atoms with Crippen molar-refractivity contribution in [1.82, 2.24) is 15.0 Å². The van der Waals surface area contributed by atoms with E-state index in [1.54, 1.807) is 6.33 Å². The Bertz CT molecular complexity index is 1180. The van der Waals surface area contributed by atoms with E-state index in [0.717, 1.165) is 34.6 Å². The molecule has 4 aromatic rings. The van der Waals surface area contributed by atoms with Gasteiger partial charge in [-0.2, -0.15) is 0 Å². The molecule has 0 saturated heterocycles. The van der Waals surface area contributed by atoms with E-state index in [1.807, 2.05) is 12.1 Å². The molecule has 2 atom stereocenters. The number of aryl methyl sites for hydroxylation is 1. The third-order valence-corrected chi connectivity index (χ3v) is 6.40. The van der Waals surface area contributed by atoms with Gasteiger partial charge in [0.2, 0.25) is 0 Å². The van der Waals surface area contributed by atoms with E-state index >= 15 is 0 Å². The zero-order valence-electron chi connectivity index (χ0n) is 16.3. The summed E-state index contributed by atoms with van der Waals surface area (Å²) in [7, 11) is 0. The second kappa shape index (κ2) is 7.29. The number of nitrogens with two attached hydrogens (primary N) is 1. The molecule has 0 amide bonds. The molecule has 3 N–H and O–H groups in total. The first-order chi connectivity index (χ1) is 14.2.